The zero-order chi connectivity index (χ0) is 18.9. The molecule has 0 unspecified atom stereocenters. The average Bonchev–Trinajstić information content (AvgIpc) is 2.60. The Labute approximate surface area is 165 Å². The van der Waals surface area contributed by atoms with E-state index >= 15 is 0 Å². The summed E-state index contributed by atoms with van der Waals surface area (Å²) in [5, 5.41) is 0. The highest BCUT2D eigenvalue weighted by Gasteiger charge is 1.97. The fraction of sp³-hybridized carbons (Fsp3) is 0.818. The van der Waals surface area contributed by atoms with Crippen molar-refractivity contribution in [3.05, 3.63) is 26.9 Å². The molecule has 0 spiro atoms. The monoisotopic (exact) mass is 380 g/mol. The van der Waals surface area contributed by atoms with Crippen LogP contribution in [-0.4, -0.2) is 9.97 Å². The number of unbranched alkanes of at least 4 members (excludes halogenated alkanes) is 15. The van der Waals surface area contributed by atoms with Crippen molar-refractivity contribution < 1.29 is 0 Å². The van der Waals surface area contributed by atoms with Crippen LogP contribution in [0.5, 0.6) is 0 Å². The number of hydrogen-bond acceptors (Lipinski definition) is 2. The molecular weight excluding hydrogens is 340 g/mol. The summed E-state index contributed by atoms with van der Waals surface area (Å²) in [6.45, 7) is 2.28. The topological polar surface area (TPSA) is 48.6 Å². The highest BCUT2D eigenvalue weighted by Crippen LogP contribution is 2.14. The molecule has 1 aromatic heterocycles. The van der Waals surface area contributed by atoms with E-state index in [4.69, 9.17) is 12.2 Å². The zero-order valence-electron chi connectivity index (χ0n) is 16.9. The lowest BCUT2D eigenvalue weighted by molar-refractivity contribution is 0.529. The van der Waals surface area contributed by atoms with E-state index in [1.807, 2.05) is 0 Å². The molecule has 0 bridgehead atoms. The second kappa shape index (κ2) is 16.3. The summed E-state index contributed by atoms with van der Waals surface area (Å²) in [4.78, 5) is 17.0. The third kappa shape index (κ3) is 13.3. The lowest BCUT2D eigenvalue weighted by Crippen LogP contribution is -2.08. The van der Waals surface area contributed by atoms with Crippen LogP contribution in [-0.2, 0) is 6.42 Å². The Kier molecular flexibility index (Phi) is 14.5. The van der Waals surface area contributed by atoms with Gasteiger partial charge >= 0.3 is 0 Å². The standard InChI is InChI=1S/C22H40N2OS/c1-2-3-4-5-6-7-8-9-10-11-12-13-14-15-16-17-18-20-19-21(25)24-22(26)23-20/h19H,2-18H2,1H3,(H2,23,24,25,26). The quantitative estimate of drug-likeness (QED) is 0.221. The Hall–Kier alpha value is -0.900. The van der Waals surface area contributed by atoms with Crippen molar-refractivity contribution in [2.24, 2.45) is 0 Å². The average molecular weight is 381 g/mol. The second-order valence-corrected chi connectivity index (χ2v) is 8.07. The van der Waals surface area contributed by atoms with Crippen LogP contribution in [0, 0.1) is 4.77 Å². The van der Waals surface area contributed by atoms with E-state index in [2.05, 4.69) is 16.9 Å². The van der Waals surface area contributed by atoms with Crippen LogP contribution in [0.15, 0.2) is 10.9 Å². The van der Waals surface area contributed by atoms with Gasteiger partial charge in [0.25, 0.3) is 5.56 Å². The first kappa shape index (κ1) is 23.1. The Morgan fingerprint density at radius 1 is 0.692 bits per heavy atom. The highest BCUT2D eigenvalue weighted by atomic mass is 32.1. The minimum atomic E-state index is -0.0970. The molecule has 0 fully saturated rings. The first-order chi connectivity index (χ1) is 12.7. The maximum Gasteiger partial charge on any atom is 0.251 e. The zero-order valence-corrected chi connectivity index (χ0v) is 17.7. The van der Waals surface area contributed by atoms with E-state index in [1.165, 1.54) is 96.3 Å². The highest BCUT2D eigenvalue weighted by molar-refractivity contribution is 7.71. The van der Waals surface area contributed by atoms with Crippen molar-refractivity contribution in [2.75, 3.05) is 0 Å². The molecule has 2 N–H and O–H groups in total. The van der Waals surface area contributed by atoms with Gasteiger partial charge in [0, 0.05) is 11.8 Å². The van der Waals surface area contributed by atoms with Crippen LogP contribution in [0.1, 0.15) is 115 Å². The Morgan fingerprint density at radius 2 is 1.12 bits per heavy atom. The van der Waals surface area contributed by atoms with Gasteiger partial charge < -0.3 is 4.98 Å². The molecule has 150 valence electrons. The summed E-state index contributed by atoms with van der Waals surface area (Å²) >= 11 is 4.99. The smallest absolute Gasteiger partial charge is 0.251 e. The second-order valence-electron chi connectivity index (χ2n) is 7.67. The van der Waals surface area contributed by atoms with E-state index in [9.17, 15) is 4.79 Å². The maximum atomic E-state index is 11.3. The van der Waals surface area contributed by atoms with Crippen molar-refractivity contribution in [1.82, 2.24) is 9.97 Å². The molecule has 0 aromatic carbocycles. The summed E-state index contributed by atoms with van der Waals surface area (Å²) in [5.41, 5.74) is 0.865. The predicted octanol–water partition coefficient (Wildman–Crippen LogP) is 7.24. The molecule has 1 aromatic rings. The first-order valence-corrected chi connectivity index (χ1v) is 11.5. The number of aryl methyl sites for hydroxylation is 1. The summed E-state index contributed by atoms with van der Waals surface area (Å²) < 4.78 is 0.434. The summed E-state index contributed by atoms with van der Waals surface area (Å²) in [6, 6.07) is 1.63. The van der Waals surface area contributed by atoms with Gasteiger partial charge in [-0.1, -0.05) is 103 Å². The van der Waals surface area contributed by atoms with Crippen molar-refractivity contribution >= 4 is 12.2 Å². The maximum absolute atomic E-state index is 11.3. The van der Waals surface area contributed by atoms with Crippen molar-refractivity contribution in [1.29, 1.82) is 0 Å². The molecule has 3 nitrogen and oxygen atoms in total. The minimum absolute atomic E-state index is 0.0970. The molecule has 0 aliphatic heterocycles. The van der Waals surface area contributed by atoms with Crippen LogP contribution in [0.4, 0.5) is 0 Å². The number of aromatic nitrogens is 2. The van der Waals surface area contributed by atoms with E-state index in [-0.39, 0.29) is 5.56 Å². The number of rotatable bonds is 17. The van der Waals surface area contributed by atoms with Gasteiger partial charge in [-0.15, -0.1) is 0 Å². The first-order valence-electron chi connectivity index (χ1n) is 11.0. The summed E-state index contributed by atoms with van der Waals surface area (Å²) in [6.07, 6.45) is 23.0. The molecule has 0 aliphatic rings. The van der Waals surface area contributed by atoms with Gasteiger partial charge in [0.1, 0.15) is 0 Å². The molecular formula is C22H40N2OS. The van der Waals surface area contributed by atoms with Crippen molar-refractivity contribution in [2.45, 2.75) is 116 Å². The van der Waals surface area contributed by atoms with Gasteiger partial charge in [-0.3, -0.25) is 9.78 Å². The molecule has 26 heavy (non-hydrogen) atoms. The lowest BCUT2D eigenvalue weighted by atomic mass is 10.0. The van der Waals surface area contributed by atoms with E-state index in [0.29, 0.717) is 4.77 Å². The molecule has 4 heteroatoms. The molecule has 1 rings (SSSR count). The number of aromatic amines is 2. The molecule has 0 atom stereocenters. The molecule has 0 saturated heterocycles. The summed E-state index contributed by atoms with van der Waals surface area (Å²) in [5.74, 6) is 0. The Balaban J connectivity index is 1.81. The molecule has 0 radical (unpaired) electrons. The van der Waals surface area contributed by atoms with Gasteiger partial charge in [0.2, 0.25) is 0 Å². The largest absolute Gasteiger partial charge is 0.336 e. The third-order valence-corrected chi connectivity index (χ3v) is 5.32. The van der Waals surface area contributed by atoms with Crippen LogP contribution in [0.3, 0.4) is 0 Å². The van der Waals surface area contributed by atoms with Crippen LogP contribution >= 0.6 is 12.2 Å². The van der Waals surface area contributed by atoms with Gasteiger partial charge in [0.15, 0.2) is 4.77 Å². The van der Waals surface area contributed by atoms with Crippen molar-refractivity contribution in [3.63, 3.8) is 0 Å². The fourth-order valence-corrected chi connectivity index (χ4v) is 3.75. The van der Waals surface area contributed by atoms with Gasteiger partial charge in [-0.25, -0.2) is 0 Å². The number of hydrogen-bond donors (Lipinski definition) is 2. The van der Waals surface area contributed by atoms with Gasteiger partial charge in [-0.2, -0.15) is 0 Å². The van der Waals surface area contributed by atoms with Gasteiger partial charge in [0.05, 0.1) is 0 Å². The predicted molar refractivity (Wildman–Crippen MR) is 115 cm³/mol. The molecule has 0 aliphatic carbocycles. The Bertz CT molecular complexity index is 521. The number of nitrogens with one attached hydrogen (secondary N) is 2. The normalized spacial score (nSPS) is 11.1. The van der Waals surface area contributed by atoms with Crippen LogP contribution in [0.2, 0.25) is 0 Å². The van der Waals surface area contributed by atoms with E-state index in [1.54, 1.807) is 6.07 Å². The molecule has 1 heterocycles. The Morgan fingerprint density at radius 3 is 1.54 bits per heavy atom. The summed E-state index contributed by atoms with van der Waals surface area (Å²) in [7, 11) is 0. The molecule has 0 amide bonds. The van der Waals surface area contributed by atoms with Crippen LogP contribution in [0.25, 0.3) is 0 Å². The number of H-pyrrole nitrogens is 2. The molecule has 0 saturated carbocycles. The van der Waals surface area contributed by atoms with E-state index < -0.39 is 0 Å². The minimum Gasteiger partial charge on any atom is -0.336 e. The van der Waals surface area contributed by atoms with E-state index in [0.717, 1.165) is 18.5 Å². The SMILES string of the molecule is CCCCCCCCCCCCCCCCCCc1cc(=O)[nH]c(=S)[nH]1. The lowest BCUT2D eigenvalue weighted by Gasteiger charge is -2.04. The third-order valence-electron chi connectivity index (χ3n) is 5.12. The van der Waals surface area contributed by atoms with Crippen molar-refractivity contribution in [3.8, 4) is 0 Å². The van der Waals surface area contributed by atoms with Crippen LogP contribution < -0.4 is 5.56 Å². The fourth-order valence-electron chi connectivity index (χ4n) is 3.52. The van der Waals surface area contributed by atoms with Gasteiger partial charge in [-0.05, 0) is 25.1 Å².